The van der Waals surface area contributed by atoms with Crippen molar-refractivity contribution in [3.8, 4) is 5.75 Å². The Bertz CT molecular complexity index is 644. The number of hydrogen-bond donors (Lipinski definition) is 1. The zero-order valence-electron chi connectivity index (χ0n) is 12.6. The largest absolute Gasteiger partial charge is 0.494 e. The third-order valence-corrected chi connectivity index (χ3v) is 4.23. The Morgan fingerprint density at radius 1 is 1.23 bits per heavy atom. The second-order valence-corrected chi connectivity index (χ2v) is 6.19. The van der Waals surface area contributed by atoms with Gasteiger partial charge >= 0.3 is 0 Å². The molecule has 0 saturated carbocycles. The van der Waals surface area contributed by atoms with Crippen LogP contribution in [-0.2, 0) is 4.79 Å². The van der Waals surface area contributed by atoms with Gasteiger partial charge in [0.1, 0.15) is 5.75 Å². The fourth-order valence-electron chi connectivity index (χ4n) is 1.86. The maximum absolute atomic E-state index is 12.0. The number of nitrogens with one attached hydrogen (secondary N) is 1. The molecule has 1 N–H and O–H groups in total. The minimum atomic E-state index is -0.0516. The van der Waals surface area contributed by atoms with E-state index in [0.717, 1.165) is 21.9 Å². The highest BCUT2D eigenvalue weighted by atomic mass is 35.5. The summed E-state index contributed by atoms with van der Waals surface area (Å²) in [7, 11) is 0. The monoisotopic (exact) mass is 335 g/mol. The lowest BCUT2D eigenvalue weighted by Gasteiger charge is -2.09. The molecular weight excluding hydrogens is 318 g/mol. The lowest BCUT2D eigenvalue weighted by molar-refractivity contribution is -0.113. The molecule has 5 heteroatoms. The van der Waals surface area contributed by atoms with Gasteiger partial charge in [0.25, 0.3) is 0 Å². The Balaban J connectivity index is 1.88. The Morgan fingerprint density at radius 2 is 1.95 bits per heavy atom. The topological polar surface area (TPSA) is 38.3 Å². The molecule has 0 heterocycles. The first-order valence-electron chi connectivity index (χ1n) is 7.00. The number of aryl methyl sites for hydroxylation is 1. The lowest BCUT2D eigenvalue weighted by Crippen LogP contribution is -2.14. The van der Waals surface area contributed by atoms with Crippen LogP contribution in [0.25, 0.3) is 0 Å². The molecule has 0 saturated heterocycles. The quantitative estimate of drug-likeness (QED) is 0.772. The predicted molar refractivity (Wildman–Crippen MR) is 93.2 cm³/mol. The fourth-order valence-corrected chi connectivity index (χ4v) is 2.73. The van der Waals surface area contributed by atoms with Gasteiger partial charge in [-0.3, -0.25) is 4.79 Å². The molecule has 22 heavy (non-hydrogen) atoms. The van der Waals surface area contributed by atoms with Crippen molar-refractivity contribution >= 4 is 35.0 Å². The maximum Gasteiger partial charge on any atom is 0.234 e. The minimum absolute atomic E-state index is 0.0516. The van der Waals surface area contributed by atoms with Crippen LogP contribution in [0.2, 0.25) is 5.02 Å². The molecule has 2 rings (SSSR count). The van der Waals surface area contributed by atoms with E-state index in [2.05, 4.69) is 5.32 Å². The van der Waals surface area contributed by atoms with Crippen molar-refractivity contribution in [2.24, 2.45) is 0 Å². The first-order valence-corrected chi connectivity index (χ1v) is 8.36. The third-order valence-electron chi connectivity index (χ3n) is 2.98. The molecule has 0 unspecified atom stereocenters. The van der Waals surface area contributed by atoms with Crippen molar-refractivity contribution in [3.63, 3.8) is 0 Å². The Hall–Kier alpha value is -1.65. The molecule has 0 aliphatic carbocycles. The molecular formula is C17H18ClNO2S. The molecule has 116 valence electrons. The number of benzene rings is 2. The van der Waals surface area contributed by atoms with Gasteiger partial charge in [-0.25, -0.2) is 0 Å². The Labute approximate surface area is 140 Å². The SMILES string of the molecule is CCOc1ccc(SCC(=O)Nc2cc(Cl)ccc2C)cc1. The molecule has 3 nitrogen and oxygen atoms in total. The van der Waals surface area contributed by atoms with Crippen molar-refractivity contribution in [2.75, 3.05) is 17.7 Å². The maximum atomic E-state index is 12.0. The summed E-state index contributed by atoms with van der Waals surface area (Å²) in [6.45, 7) is 4.53. The standard InChI is InChI=1S/C17H18ClNO2S/c1-3-21-14-6-8-15(9-7-14)22-11-17(20)19-16-10-13(18)5-4-12(16)2/h4-10H,3,11H2,1-2H3,(H,19,20). The van der Waals surface area contributed by atoms with Gasteiger partial charge in [-0.2, -0.15) is 0 Å². The number of amides is 1. The number of hydrogen-bond acceptors (Lipinski definition) is 3. The fraction of sp³-hybridized carbons (Fsp3) is 0.235. The number of anilines is 1. The number of carbonyl (C=O) groups is 1. The van der Waals surface area contributed by atoms with Gasteiger partial charge < -0.3 is 10.1 Å². The molecule has 0 fully saturated rings. The van der Waals surface area contributed by atoms with Gasteiger partial charge in [0.2, 0.25) is 5.91 Å². The van der Waals surface area contributed by atoms with Crippen LogP contribution in [0.5, 0.6) is 5.75 Å². The second kappa shape index (κ2) is 8.11. The van der Waals surface area contributed by atoms with Crippen LogP contribution in [-0.4, -0.2) is 18.3 Å². The van der Waals surface area contributed by atoms with E-state index in [1.54, 1.807) is 12.1 Å². The van der Waals surface area contributed by atoms with Crippen molar-refractivity contribution in [1.29, 1.82) is 0 Å². The van der Waals surface area contributed by atoms with Crippen molar-refractivity contribution in [3.05, 3.63) is 53.1 Å². The van der Waals surface area contributed by atoms with E-state index in [0.29, 0.717) is 17.4 Å². The van der Waals surface area contributed by atoms with E-state index < -0.39 is 0 Å². The predicted octanol–water partition coefficient (Wildman–Crippen LogP) is 4.78. The zero-order chi connectivity index (χ0) is 15.9. The number of halogens is 1. The highest BCUT2D eigenvalue weighted by Crippen LogP contribution is 2.23. The van der Waals surface area contributed by atoms with E-state index in [-0.39, 0.29) is 5.91 Å². The third kappa shape index (κ3) is 4.97. The molecule has 0 spiro atoms. The van der Waals surface area contributed by atoms with Gasteiger partial charge in [0.15, 0.2) is 0 Å². The van der Waals surface area contributed by atoms with E-state index in [1.807, 2.05) is 44.2 Å². The van der Waals surface area contributed by atoms with Gasteiger partial charge in [-0.05, 0) is 55.8 Å². The van der Waals surface area contributed by atoms with Crippen LogP contribution >= 0.6 is 23.4 Å². The molecule has 0 radical (unpaired) electrons. The number of rotatable bonds is 6. The molecule has 0 atom stereocenters. The summed E-state index contributed by atoms with van der Waals surface area (Å²) in [5.74, 6) is 1.13. The number of thioether (sulfide) groups is 1. The van der Waals surface area contributed by atoms with Crippen LogP contribution in [0, 0.1) is 6.92 Å². The summed E-state index contributed by atoms with van der Waals surface area (Å²) >= 11 is 7.43. The number of ether oxygens (including phenoxy) is 1. The molecule has 0 bridgehead atoms. The van der Waals surface area contributed by atoms with Crippen molar-refractivity contribution < 1.29 is 9.53 Å². The van der Waals surface area contributed by atoms with E-state index in [4.69, 9.17) is 16.3 Å². The Morgan fingerprint density at radius 3 is 2.64 bits per heavy atom. The summed E-state index contributed by atoms with van der Waals surface area (Å²) in [4.78, 5) is 13.0. The minimum Gasteiger partial charge on any atom is -0.494 e. The second-order valence-electron chi connectivity index (χ2n) is 4.70. The van der Waals surface area contributed by atoms with Crippen molar-refractivity contribution in [2.45, 2.75) is 18.7 Å². The Kier molecular flexibility index (Phi) is 6.16. The summed E-state index contributed by atoms with van der Waals surface area (Å²) in [6, 6.07) is 13.2. The van der Waals surface area contributed by atoms with Crippen LogP contribution in [0.3, 0.4) is 0 Å². The summed E-state index contributed by atoms with van der Waals surface area (Å²) in [5.41, 5.74) is 1.74. The van der Waals surface area contributed by atoms with E-state index >= 15 is 0 Å². The average molecular weight is 336 g/mol. The summed E-state index contributed by atoms with van der Waals surface area (Å²) < 4.78 is 5.39. The van der Waals surface area contributed by atoms with Gasteiger partial charge in [-0.1, -0.05) is 17.7 Å². The lowest BCUT2D eigenvalue weighted by atomic mass is 10.2. The highest BCUT2D eigenvalue weighted by Gasteiger charge is 2.06. The summed E-state index contributed by atoms with van der Waals surface area (Å²) in [6.07, 6.45) is 0. The molecule has 2 aromatic carbocycles. The van der Waals surface area contributed by atoms with Crippen LogP contribution in [0.1, 0.15) is 12.5 Å². The van der Waals surface area contributed by atoms with Crippen LogP contribution < -0.4 is 10.1 Å². The average Bonchev–Trinajstić information content (AvgIpc) is 2.51. The normalized spacial score (nSPS) is 10.3. The van der Waals surface area contributed by atoms with E-state index in [1.165, 1.54) is 11.8 Å². The van der Waals surface area contributed by atoms with Crippen LogP contribution in [0.4, 0.5) is 5.69 Å². The van der Waals surface area contributed by atoms with Gasteiger partial charge in [0.05, 0.1) is 12.4 Å². The van der Waals surface area contributed by atoms with Crippen molar-refractivity contribution in [1.82, 2.24) is 0 Å². The van der Waals surface area contributed by atoms with Gasteiger partial charge in [-0.15, -0.1) is 11.8 Å². The summed E-state index contributed by atoms with van der Waals surface area (Å²) in [5, 5.41) is 3.50. The molecule has 1 amide bonds. The molecule has 2 aromatic rings. The first kappa shape index (κ1) is 16.7. The molecule has 0 aromatic heterocycles. The highest BCUT2D eigenvalue weighted by molar-refractivity contribution is 8.00. The number of carbonyl (C=O) groups excluding carboxylic acids is 1. The molecule has 0 aliphatic rings. The first-order chi connectivity index (χ1) is 10.6. The smallest absolute Gasteiger partial charge is 0.234 e. The zero-order valence-corrected chi connectivity index (χ0v) is 14.1. The van der Waals surface area contributed by atoms with Crippen LogP contribution in [0.15, 0.2) is 47.4 Å². The van der Waals surface area contributed by atoms with Gasteiger partial charge in [0, 0.05) is 15.6 Å². The van der Waals surface area contributed by atoms with E-state index in [9.17, 15) is 4.79 Å². The molecule has 0 aliphatic heterocycles.